The molecule has 0 radical (unpaired) electrons. The molecule has 4 rings (SSSR count). The Bertz CT molecular complexity index is 482. The van der Waals surface area contributed by atoms with E-state index in [1.165, 1.54) is 45.3 Å². The highest BCUT2D eigenvalue weighted by Crippen LogP contribution is 2.26. The first kappa shape index (κ1) is 13.8. The number of hydrogen-bond acceptors (Lipinski definition) is 4. The van der Waals surface area contributed by atoms with Crippen molar-refractivity contribution in [2.24, 2.45) is 0 Å². The summed E-state index contributed by atoms with van der Waals surface area (Å²) in [7, 11) is 0. The zero-order chi connectivity index (χ0) is 14.2. The Morgan fingerprint density at radius 3 is 2.90 bits per heavy atom. The maximum atomic E-state index is 6.01. The third-order valence-corrected chi connectivity index (χ3v) is 5.28. The minimum absolute atomic E-state index is 0.637. The Labute approximate surface area is 127 Å². The summed E-state index contributed by atoms with van der Waals surface area (Å²) in [6.45, 7) is 7.94. The molecule has 2 aliphatic heterocycles. The number of hydrogen-bond donors (Lipinski definition) is 1. The van der Waals surface area contributed by atoms with Crippen LogP contribution in [0.15, 0.2) is 16.5 Å². The number of nitrogens with zero attached hydrogens (tertiary/aromatic N) is 2. The molecule has 2 unspecified atom stereocenters. The molecule has 1 N–H and O–H groups in total. The lowest BCUT2D eigenvalue weighted by Gasteiger charge is -2.41. The van der Waals surface area contributed by atoms with Gasteiger partial charge in [-0.15, -0.1) is 0 Å². The van der Waals surface area contributed by atoms with Crippen LogP contribution in [0.4, 0.5) is 0 Å². The quantitative estimate of drug-likeness (QED) is 0.900. The van der Waals surface area contributed by atoms with Gasteiger partial charge in [0, 0.05) is 31.2 Å². The molecule has 0 bridgehead atoms. The van der Waals surface area contributed by atoms with E-state index in [1.807, 2.05) is 0 Å². The molecule has 3 fully saturated rings. The Morgan fingerprint density at radius 2 is 2.05 bits per heavy atom. The summed E-state index contributed by atoms with van der Waals surface area (Å²) in [6, 6.07) is 6.47. The standard InChI is InChI=1S/C17H27N3O/c1-13-10-19-8-2-3-15(19)11-20(13)12-17-7-6-16(21-17)9-18-14-4-5-14/h6-7,13-15,18H,2-5,8-12H2,1H3. The van der Waals surface area contributed by atoms with Crippen LogP contribution >= 0.6 is 0 Å². The summed E-state index contributed by atoms with van der Waals surface area (Å²) in [5.74, 6) is 2.21. The molecule has 4 nitrogen and oxygen atoms in total. The number of piperazine rings is 1. The summed E-state index contributed by atoms with van der Waals surface area (Å²) in [4.78, 5) is 5.28. The molecule has 3 heterocycles. The number of furan rings is 1. The predicted octanol–water partition coefficient (Wildman–Crippen LogP) is 2.20. The van der Waals surface area contributed by atoms with E-state index in [0.717, 1.165) is 36.7 Å². The number of nitrogens with one attached hydrogen (secondary N) is 1. The van der Waals surface area contributed by atoms with E-state index < -0.39 is 0 Å². The second kappa shape index (κ2) is 5.75. The van der Waals surface area contributed by atoms with Crippen molar-refractivity contribution in [3.8, 4) is 0 Å². The highest BCUT2D eigenvalue weighted by molar-refractivity contribution is 5.08. The molecule has 21 heavy (non-hydrogen) atoms. The molecule has 2 atom stereocenters. The Morgan fingerprint density at radius 1 is 1.19 bits per heavy atom. The summed E-state index contributed by atoms with van der Waals surface area (Å²) in [5, 5.41) is 3.51. The highest BCUT2D eigenvalue weighted by Gasteiger charge is 2.34. The molecule has 0 amide bonds. The molecule has 1 aliphatic carbocycles. The van der Waals surface area contributed by atoms with Crippen LogP contribution in [0.3, 0.4) is 0 Å². The molecule has 4 heteroatoms. The molecule has 116 valence electrons. The van der Waals surface area contributed by atoms with Gasteiger partial charge in [0.15, 0.2) is 0 Å². The molecular formula is C17H27N3O. The maximum absolute atomic E-state index is 6.01. The van der Waals surface area contributed by atoms with Gasteiger partial charge in [-0.3, -0.25) is 9.80 Å². The first-order chi connectivity index (χ1) is 10.3. The second-order valence-electron chi connectivity index (χ2n) is 7.09. The SMILES string of the molecule is CC1CN2CCCC2CN1Cc1ccc(CNC2CC2)o1. The van der Waals surface area contributed by atoms with E-state index in [4.69, 9.17) is 4.42 Å². The first-order valence-electron chi connectivity index (χ1n) is 8.57. The van der Waals surface area contributed by atoms with Crippen LogP contribution in [-0.2, 0) is 13.1 Å². The molecular weight excluding hydrogens is 262 g/mol. The number of rotatable bonds is 5. The van der Waals surface area contributed by atoms with Crippen molar-refractivity contribution in [1.29, 1.82) is 0 Å². The van der Waals surface area contributed by atoms with Gasteiger partial charge < -0.3 is 9.73 Å². The van der Waals surface area contributed by atoms with Gasteiger partial charge in [-0.05, 0) is 51.3 Å². The van der Waals surface area contributed by atoms with Crippen LogP contribution < -0.4 is 5.32 Å². The Hall–Kier alpha value is -0.840. The topological polar surface area (TPSA) is 31.6 Å². The van der Waals surface area contributed by atoms with Crippen molar-refractivity contribution in [1.82, 2.24) is 15.1 Å². The maximum Gasteiger partial charge on any atom is 0.118 e. The van der Waals surface area contributed by atoms with E-state index in [1.54, 1.807) is 0 Å². The molecule has 1 aromatic rings. The molecule has 1 aromatic heterocycles. The lowest BCUT2D eigenvalue weighted by Crippen LogP contribution is -2.54. The lowest BCUT2D eigenvalue weighted by atomic mass is 10.1. The zero-order valence-corrected chi connectivity index (χ0v) is 13.1. The first-order valence-corrected chi connectivity index (χ1v) is 8.57. The fourth-order valence-corrected chi connectivity index (χ4v) is 3.80. The normalized spacial score (nSPS) is 30.7. The average molecular weight is 289 g/mol. The van der Waals surface area contributed by atoms with Crippen LogP contribution in [-0.4, -0.2) is 47.6 Å². The molecule has 1 saturated carbocycles. The third kappa shape index (κ3) is 3.17. The average Bonchev–Trinajstić information content (AvgIpc) is 3.02. The van der Waals surface area contributed by atoms with Crippen molar-refractivity contribution in [2.75, 3.05) is 19.6 Å². The predicted molar refractivity (Wildman–Crippen MR) is 83.0 cm³/mol. The largest absolute Gasteiger partial charge is 0.463 e. The number of fused-ring (bicyclic) bond motifs is 1. The van der Waals surface area contributed by atoms with Crippen LogP contribution in [0, 0.1) is 0 Å². The van der Waals surface area contributed by atoms with Crippen molar-refractivity contribution in [3.63, 3.8) is 0 Å². The van der Waals surface area contributed by atoms with Gasteiger partial charge in [-0.25, -0.2) is 0 Å². The second-order valence-corrected chi connectivity index (χ2v) is 7.09. The Balaban J connectivity index is 1.34. The molecule has 3 aliphatic rings. The summed E-state index contributed by atoms with van der Waals surface area (Å²) >= 11 is 0. The minimum atomic E-state index is 0.637. The fraction of sp³-hybridized carbons (Fsp3) is 0.765. The van der Waals surface area contributed by atoms with Gasteiger partial charge in [0.1, 0.15) is 11.5 Å². The zero-order valence-electron chi connectivity index (χ0n) is 13.1. The Kier molecular flexibility index (Phi) is 3.78. The third-order valence-electron chi connectivity index (χ3n) is 5.28. The minimum Gasteiger partial charge on any atom is -0.463 e. The van der Waals surface area contributed by atoms with E-state index in [0.29, 0.717) is 6.04 Å². The van der Waals surface area contributed by atoms with E-state index in [2.05, 4.69) is 34.2 Å². The van der Waals surface area contributed by atoms with Crippen LogP contribution in [0.5, 0.6) is 0 Å². The monoisotopic (exact) mass is 289 g/mol. The van der Waals surface area contributed by atoms with Crippen molar-refractivity contribution < 1.29 is 4.42 Å². The summed E-state index contributed by atoms with van der Waals surface area (Å²) in [6.07, 6.45) is 5.41. The summed E-state index contributed by atoms with van der Waals surface area (Å²) in [5.41, 5.74) is 0. The highest BCUT2D eigenvalue weighted by atomic mass is 16.3. The molecule has 0 spiro atoms. The van der Waals surface area contributed by atoms with Gasteiger partial charge >= 0.3 is 0 Å². The lowest BCUT2D eigenvalue weighted by molar-refractivity contribution is 0.0491. The molecule has 0 aromatic carbocycles. The summed E-state index contributed by atoms with van der Waals surface area (Å²) < 4.78 is 6.01. The van der Waals surface area contributed by atoms with Crippen molar-refractivity contribution in [2.45, 2.75) is 63.8 Å². The van der Waals surface area contributed by atoms with E-state index >= 15 is 0 Å². The van der Waals surface area contributed by atoms with Gasteiger partial charge in [0.05, 0.1) is 13.1 Å². The van der Waals surface area contributed by atoms with Crippen LogP contribution in [0.25, 0.3) is 0 Å². The van der Waals surface area contributed by atoms with E-state index in [9.17, 15) is 0 Å². The van der Waals surface area contributed by atoms with Gasteiger partial charge in [-0.2, -0.15) is 0 Å². The van der Waals surface area contributed by atoms with Gasteiger partial charge in [0.25, 0.3) is 0 Å². The fourth-order valence-electron chi connectivity index (χ4n) is 3.80. The van der Waals surface area contributed by atoms with Gasteiger partial charge in [-0.1, -0.05) is 0 Å². The van der Waals surface area contributed by atoms with Gasteiger partial charge in [0.2, 0.25) is 0 Å². The van der Waals surface area contributed by atoms with Crippen LogP contribution in [0.1, 0.15) is 44.1 Å². The van der Waals surface area contributed by atoms with Crippen molar-refractivity contribution >= 4 is 0 Å². The van der Waals surface area contributed by atoms with Crippen molar-refractivity contribution in [3.05, 3.63) is 23.7 Å². The van der Waals surface area contributed by atoms with Crippen LogP contribution in [0.2, 0.25) is 0 Å². The smallest absolute Gasteiger partial charge is 0.118 e. The van der Waals surface area contributed by atoms with E-state index in [-0.39, 0.29) is 0 Å². The molecule has 2 saturated heterocycles.